The number of para-hydroxylation sites is 1. The van der Waals surface area contributed by atoms with E-state index in [1.54, 1.807) is 0 Å². The smallest absolute Gasteiger partial charge is 0.257 e. The molecule has 2 aliphatic rings. The molecule has 19 heavy (non-hydrogen) atoms. The Hall–Kier alpha value is -1.55. The number of nitrogens with zero attached hydrogens (tertiary/aromatic N) is 2. The molecule has 102 valence electrons. The number of carbonyl (C=O) groups is 1. The summed E-state index contributed by atoms with van der Waals surface area (Å²) >= 11 is 0. The highest BCUT2D eigenvalue weighted by Crippen LogP contribution is 2.30. The van der Waals surface area contributed by atoms with Gasteiger partial charge in [-0.1, -0.05) is 19.1 Å². The molecule has 0 radical (unpaired) electrons. The predicted octanol–water partition coefficient (Wildman–Crippen LogP) is 1.61. The molecule has 0 bridgehead atoms. The van der Waals surface area contributed by atoms with E-state index in [9.17, 15) is 4.79 Å². The Morgan fingerprint density at radius 1 is 1.32 bits per heavy atom. The second-order valence-electron chi connectivity index (χ2n) is 5.40. The maximum absolute atomic E-state index is 12.5. The summed E-state index contributed by atoms with van der Waals surface area (Å²) in [5.41, 5.74) is 0.682. The van der Waals surface area contributed by atoms with E-state index < -0.39 is 0 Å². The van der Waals surface area contributed by atoms with E-state index >= 15 is 0 Å². The van der Waals surface area contributed by atoms with Crippen LogP contribution in [-0.4, -0.2) is 54.5 Å². The van der Waals surface area contributed by atoms with Gasteiger partial charge in [0.2, 0.25) is 0 Å². The van der Waals surface area contributed by atoms with Crippen molar-refractivity contribution in [1.29, 1.82) is 0 Å². The molecule has 2 aliphatic heterocycles. The monoisotopic (exact) mass is 260 g/mol. The number of carbonyl (C=O) groups excluding carboxylic acids is 1. The van der Waals surface area contributed by atoms with Crippen LogP contribution in [0.2, 0.25) is 0 Å². The zero-order valence-corrected chi connectivity index (χ0v) is 11.5. The second kappa shape index (κ2) is 4.85. The van der Waals surface area contributed by atoms with Crippen LogP contribution in [0, 0.1) is 0 Å². The predicted molar refractivity (Wildman–Crippen MR) is 73.5 cm³/mol. The van der Waals surface area contributed by atoms with E-state index in [1.807, 2.05) is 36.2 Å². The van der Waals surface area contributed by atoms with Crippen molar-refractivity contribution in [1.82, 2.24) is 9.80 Å². The number of benzene rings is 1. The van der Waals surface area contributed by atoms with E-state index in [1.165, 1.54) is 0 Å². The topological polar surface area (TPSA) is 32.8 Å². The average Bonchev–Trinajstić information content (AvgIpc) is 2.77. The summed E-state index contributed by atoms with van der Waals surface area (Å²) in [6.07, 6.45) is 1.22. The summed E-state index contributed by atoms with van der Waals surface area (Å²) in [7, 11) is 1.89. The molecule has 0 N–H and O–H groups in total. The summed E-state index contributed by atoms with van der Waals surface area (Å²) in [5.74, 6) is 0.798. The van der Waals surface area contributed by atoms with Crippen LogP contribution in [0.15, 0.2) is 24.3 Å². The highest BCUT2D eigenvalue weighted by Gasteiger charge is 2.41. The van der Waals surface area contributed by atoms with Crippen LogP contribution >= 0.6 is 0 Å². The summed E-state index contributed by atoms with van der Waals surface area (Å²) in [5, 5.41) is 0. The molecular weight excluding hydrogens is 240 g/mol. The van der Waals surface area contributed by atoms with Crippen molar-refractivity contribution >= 4 is 5.91 Å². The number of ether oxygens (including phenoxy) is 1. The van der Waals surface area contributed by atoms with Gasteiger partial charge in [-0.2, -0.15) is 0 Å². The van der Waals surface area contributed by atoms with Gasteiger partial charge < -0.3 is 9.64 Å². The van der Waals surface area contributed by atoms with Gasteiger partial charge in [0.25, 0.3) is 5.91 Å². The second-order valence-corrected chi connectivity index (χ2v) is 5.40. The fourth-order valence-corrected chi connectivity index (χ4v) is 3.07. The lowest BCUT2D eigenvalue weighted by atomic mass is 10.1. The van der Waals surface area contributed by atoms with E-state index in [0.29, 0.717) is 5.56 Å². The van der Waals surface area contributed by atoms with Crippen molar-refractivity contribution in [3.63, 3.8) is 0 Å². The highest BCUT2D eigenvalue weighted by atomic mass is 16.5. The van der Waals surface area contributed by atoms with E-state index in [0.717, 1.165) is 31.8 Å². The quantitative estimate of drug-likeness (QED) is 0.810. The van der Waals surface area contributed by atoms with Crippen LogP contribution in [0.25, 0.3) is 0 Å². The number of rotatable bonds is 2. The largest absolute Gasteiger partial charge is 0.486 e. The lowest BCUT2D eigenvalue weighted by Crippen LogP contribution is -2.44. The first-order valence-corrected chi connectivity index (χ1v) is 6.96. The van der Waals surface area contributed by atoms with Gasteiger partial charge in [0.15, 0.2) is 0 Å². The normalized spacial score (nSPS) is 26.6. The lowest BCUT2D eigenvalue weighted by molar-refractivity contribution is 0.0682. The number of hydrogen-bond donors (Lipinski definition) is 0. The Bertz CT molecular complexity index is 489. The van der Waals surface area contributed by atoms with Crippen molar-refractivity contribution < 1.29 is 9.53 Å². The summed E-state index contributed by atoms with van der Waals surface area (Å²) < 4.78 is 6.09. The SMILES string of the molecule is CCCN1CC2Oc3ccccc3C(=O)N(C)C2C1. The molecule has 0 spiro atoms. The molecule has 2 atom stereocenters. The van der Waals surface area contributed by atoms with Crippen LogP contribution in [0.3, 0.4) is 0 Å². The Morgan fingerprint density at radius 3 is 2.89 bits per heavy atom. The molecule has 2 heterocycles. The van der Waals surface area contributed by atoms with Crippen LogP contribution in [0.4, 0.5) is 0 Å². The molecule has 2 unspecified atom stereocenters. The van der Waals surface area contributed by atoms with Crippen LogP contribution in [0.5, 0.6) is 5.75 Å². The van der Waals surface area contributed by atoms with Gasteiger partial charge in [0, 0.05) is 20.1 Å². The first-order valence-electron chi connectivity index (χ1n) is 6.96. The van der Waals surface area contributed by atoms with Crippen molar-refractivity contribution in [3.8, 4) is 5.75 Å². The molecule has 4 nitrogen and oxygen atoms in total. The fraction of sp³-hybridized carbons (Fsp3) is 0.533. The first-order chi connectivity index (χ1) is 9.20. The number of hydrogen-bond acceptors (Lipinski definition) is 3. The van der Waals surface area contributed by atoms with Crippen LogP contribution in [0.1, 0.15) is 23.7 Å². The molecular formula is C15H20N2O2. The van der Waals surface area contributed by atoms with Crippen molar-refractivity contribution in [2.45, 2.75) is 25.5 Å². The lowest BCUT2D eigenvalue weighted by Gasteiger charge is -2.25. The minimum absolute atomic E-state index is 0.0708. The maximum atomic E-state index is 12.5. The van der Waals surface area contributed by atoms with Gasteiger partial charge in [-0.3, -0.25) is 9.69 Å². The minimum Gasteiger partial charge on any atom is -0.486 e. The molecule has 1 amide bonds. The molecule has 3 rings (SSSR count). The Balaban J connectivity index is 1.91. The van der Waals surface area contributed by atoms with Crippen LogP contribution in [-0.2, 0) is 0 Å². The van der Waals surface area contributed by atoms with Gasteiger partial charge in [0.05, 0.1) is 11.6 Å². The summed E-state index contributed by atoms with van der Waals surface area (Å²) in [6, 6.07) is 7.71. The maximum Gasteiger partial charge on any atom is 0.257 e. The van der Waals surface area contributed by atoms with Gasteiger partial charge in [-0.05, 0) is 25.1 Å². The highest BCUT2D eigenvalue weighted by molar-refractivity contribution is 5.97. The zero-order valence-electron chi connectivity index (χ0n) is 11.5. The molecule has 0 saturated carbocycles. The van der Waals surface area contributed by atoms with Gasteiger partial charge >= 0.3 is 0 Å². The minimum atomic E-state index is 0.0708. The molecule has 1 saturated heterocycles. The number of likely N-dealkylation sites (tertiary alicyclic amines) is 1. The third-order valence-electron chi connectivity index (χ3n) is 4.07. The molecule has 0 aliphatic carbocycles. The van der Waals surface area contributed by atoms with E-state index in [4.69, 9.17) is 4.74 Å². The van der Waals surface area contributed by atoms with E-state index in [2.05, 4.69) is 11.8 Å². The van der Waals surface area contributed by atoms with Crippen molar-refractivity contribution in [2.24, 2.45) is 0 Å². The third kappa shape index (κ3) is 2.10. The van der Waals surface area contributed by atoms with Gasteiger partial charge in [-0.25, -0.2) is 0 Å². The fourth-order valence-electron chi connectivity index (χ4n) is 3.07. The Morgan fingerprint density at radius 2 is 2.11 bits per heavy atom. The first kappa shape index (κ1) is 12.5. The summed E-state index contributed by atoms with van der Waals surface area (Å²) in [4.78, 5) is 16.7. The molecule has 4 heteroatoms. The Kier molecular flexibility index (Phi) is 3.19. The molecule has 1 aromatic rings. The van der Waals surface area contributed by atoms with Crippen molar-refractivity contribution in [3.05, 3.63) is 29.8 Å². The summed E-state index contributed by atoms with van der Waals surface area (Å²) in [6.45, 7) is 5.07. The number of likely N-dealkylation sites (N-methyl/N-ethyl adjacent to an activating group) is 1. The molecule has 1 fully saturated rings. The number of amides is 1. The standard InChI is InChI=1S/C15H20N2O2/c1-3-8-17-9-12-14(10-17)19-13-7-5-4-6-11(13)15(18)16(12)2/h4-7,12,14H,3,8-10H2,1-2H3. The molecule has 1 aromatic carbocycles. The van der Waals surface area contributed by atoms with Gasteiger partial charge in [0.1, 0.15) is 11.9 Å². The van der Waals surface area contributed by atoms with Gasteiger partial charge in [-0.15, -0.1) is 0 Å². The number of fused-ring (bicyclic) bond motifs is 2. The third-order valence-corrected chi connectivity index (χ3v) is 4.07. The average molecular weight is 260 g/mol. The zero-order chi connectivity index (χ0) is 13.4. The van der Waals surface area contributed by atoms with Crippen LogP contribution < -0.4 is 4.74 Å². The molecule has 0 aromatic heterocycles. The Labute approximate surface area is 113 Å². The van der Waals surface area contributed by atoms with E-state index in [-0.39, 0.29) is 18.1 Å². The van der Waals surface area contributed by atoms with Crippen molar-refractivity contribution in [2.75, 3.05) is 26.7 Å².